The quantitative estimate of drug-likeness (QED) is 0.809. The maximum atomic E-state index is 5.46. The fraction of sp³-hybridized carbons (Fsp3) is 0.471. The first-order chi connectivity index (χ1) is 10.3. The molecule has 1 heterocycles. The fourth-order valence-electron chi connectivity index (χ4n) is 2.39. The molecule has 0 aliphatic heterocycles. The monoisotopic (exact) mass is 285 g/mol. The normalized spacial score (nSPS) is 14.8. The van der Waals surface area contributed by atoms with E-state index >= 15 is 0 Å². The van der Waals surface area contributed by atoms with Gasteiger partial charge in [0.05, 0.1) is 12.2 Å². The van der Waals surface area contributed by atoms with E-state index in [0.29, 0.717) is 6.04 Å². The zero-order chi connectivity index (χ0) is 14.5. The highest BCUT2D eigenvalue weighted by molar-refractivity contribution is 5.14. The van der Waals surface area contributed by atoms with Gasteiger partial charge in [-0.1, -0.05) is 42.4 Å². The van der Waals surface area contributed by atoms with Crippen molar-refractivity contribution in [3.05, 3.63) is 53.4 Å². The highest BCUT2D eigenvalue weighted by Crippen LogP contribution is 2.19. The Balaban J connectivity index is 1.53. The van der Waals surface area contributed by atoms with Crippen LogP contribution in [-0.2, 0) is 19.6 Å². The average Bonchev–Trinajstić information content (AvgIpc) is 3.25. The van der Waals surface area contributed by atoms with E-state index in [9.17, 15) is 0 Å². The number of benzene rings is 1. The molecule has 0 atom stereocenters. The van der Waals surface area contributed by atoms with E-state index in [1.807, 2.05) is 0 Å². The smallest absolute Gasteiger partial charge is 0.151 e. The summed E-state index contributed by atoms with van der Waals surface area (Å²) < 4.78 is 5.46. The first-order valence-corrected chi connectivity index (χ1v) is 7.77. The van der Waals surface area contributed by atoms with E-state index in [4.69, 9.17) is 4.52 Å². The Labute approximate surface area is 126 Å². The molecule has 0 radical (unpaired) electrons. The van der Waals surface area contributed by atoms with E-state index in [1.165, 1.54) is 18.4 Å². The third-order valence-electron chi connectivity index (χ3n) is 3.83. The summed E-state index contributed by atoms with van der Waals surface area (Å²) >= 11 is 0. The minimum absolute atomic E-state index is 0.704. The van der Waals surface area contributed by atoms with Crippen LogP contribution in [0.4, 0.5) is 0 Å². The largest absolute Gasteiger partial charge is 0.360 e. The number of aromatic nitrogens is 1. The Kier molecular flexibility index (Phi) is 4.68. The standard InChI is InChI=1S/C17H23N3O/c1-2-20(12-14-6-4-3-5-7-14)13-17-10-16(19-21-17)11-18-15-8-9-15/h3-7,10,15,18H,2,8-9,11-13H2,1H3. The van der Waals surface area contributed by atoms with Crippen LogP contribution in [0.25, 0.3) is 0 Å². The van der Waals surface area contributed by atoms with Crippen LogP contribution >= 0.6 is 0 Å². The third-order valence-corrected chi connectivity index (χ3v) is 3.83. The lowest BCUT2D eigenvalue weighted by Gasteiger charge is -2.18. The maximum absolute atomic E-state index is 5.46. The maximum Gasteiger partial charge on any atom is 0.151 e. The van der Waals surface area contributed by atoms with Crippen LogP contribution in [0.2, 0.25) is 0 Å². The summed E-state index contributed by atoms with van der Waals surface area (Å²) in [6.07, 6.45) is 2.59. The zero-order valence-electron chi connectivity index (χ0n) is 12.6. The van der Waals surface area contributed by atoms with Gasteiger partial charge in [-0.15, -0.1) is 0 Å². The Morgan fingerprint density at radius 2 is 2.05 bits per heavy atom. The van der Waals surface area contributed by atoms with E-state index in [-0.39, 0.29) is 0 Å². The van der Waals surface area contributed by atoms with E-state index in [2.05, 4.69) is 58.7 Å². The van der Waals surface area contributed by atoms with Crippen molar-refractivity contribution in [2.75, 3.05) is 6.54 Å². The average molecular weight is 285 g/mol. The number of nitrogens with zero attached hydrogens (tertiary/aromatic N) is 2. The summed E-state index contributed by atoms with van der Waals surface area (Å²) in [6.45, 7) is 5.73. The molecular formula is C17H23N3O. The van der Waals surface area contributed by atoms with Crippen LogP contribution < -0.4 is 5.32 Å². The van der Waals surface area contributed by atoms with Crippen LogP contribution in [0.3, 0.4) is 0 Å². The molecule has 3 rings (SSSR count). The molecule has 1 fully saturated rings. The minimum Gasteiger partial charge on any atom is -0.360 e. The summed E-state index contributed by atoms with van der Waals surface area (Å²) in [6, 6.07) is 13.3. The Bertz CT molecular complexity index is 548. The molecule has 1 aliphatic rings. The summed E-state index contributed by atoms with van der Waals surface area (Å²) in [5.74, 6) is 0.945. The Morgan fingerprint density at radius 3 is 2.76 bits per heavy atom. The van der Waals surface area contributed by atoms with Gasteiger partial charge in [0.2, 0.25) is 0 Å². The van der Waals surface area contributed by atoms with Gasteiger partial charge in [-0.25, -0.2) is 0 Å². The predicted molar refractivity (Wildman–Crippen MR) is 82.6 cm³/mol. The van der Waals surface area contributed by atoms with Crippen molar-refractivity contribution in [2.45, 2.75) is 45.4 Å². The lowest BCUT2D eigenvalue weighted by molar-refractivity contribution is 0.233. The van der Waals surface area contributed by atoms with E-state index in [0.717, 1.165) is 37.6 Å². The predicted octanol–water partition coefficient (Wildman–Crippen LogP) is 2.95. The lowest BCUT2D eigenvalue weighted by atomic mass is 10.2. The molecule has 0 amide bonds. The molecule has 112 valence electrons. The lowest BCUT2D eigenvalue weighted by Crippen LogP contribution is -2.22. The summed E-state index contributed by atoms with van der Waals surface area (Å²) in [4.78, 5) is 2.36. The molecule has 1 aromatic carbocycles. The molecule has 0 saturated heterocycles. The number of hydrogen-bond donors (Lipinski definition) is 1. The van der Waals surface area contributed by atoms with Gasteiger partial charge >= 0.3 is 0 Å². The molecule has 0 bridgehead atoms. The van der Waals surface area contributed by atoms with Gasteiger partial charge in [0, 0.05) is 25.2 Å². The van der Waals surface area contributed by atoms with Gasteiger partial charge in [-0.05, 0) is 24.9 Å². The van der Waals surface area contributed by atoms with Gasteiger partial charge in [-0.2, -0.15) is 0 Å². The first-order valence-electron chi connectivity index (χ1n) is 7.77. The number of hydrogen-bond acceptors (Lipinski definition) is 4. The van der Waals surface area contributed by atoms with Crippen molar-refractivity contribution in [1.82, 2.24) is 15.4 Å². The fourth-order valence-corrected chi connectivity index (χ4v) is 2.39. The third kappa shape index (κ3) is 4.41. The summed E-state index contributed by atoms with van der Waals surface area (Å²) in [5.41, 5.74) is 2.34. The molecular weight excluding hydrogens is 262 g/mol. The Morgan fingerprint density at radius 1 is 1.24 bits per heavy atom. The molecule has 1 N–H and O–H groups in total. The van der Waals surface area contributed by atoms with Crippen LogP contribution in [0.1, 0.15) is 36.8 Å². The molecule has 0 spiro atoms. The second-order valence-electron chi connectivity index (χ2n) is 5.73. The van der Waals surface area contributed by atoms with E-state index in [1.54, 1.807) is 0 Å². The van der Waals surface area contributed by atoms with Gasteiger partial charge in [0.25, 0.3) is 0 Å². The summed E-state index contributed by atoms with van der Waals surface area (Å²) in [5, 5.41) is 7.60. The van der Waals surface area contributed by atoms with Crippen molar-refractivity contribution < 1.29 is 4.52 Å². The highest BCUT2D eigenvalue weighted by Gasteiger charge is 2.20. The van der Waals surface area contributed by atoms with Crippen molar-refractivity contribution in [3.63, 3.8) is 0 Å². The van der Waals surface area contributed by atoms with Gasteiger partial charge in [0.1, 0.15) is 0 Å². The second-order valence-corrected chi connectivity index (χ2v) is 5.73. The summed E-state index contributed by atoms with van der Waals surface area (Å²) in [7, 11) is 0. The minimum atomic E-state index is 0.704. The Hall–Kier alpha value is -1.65. The molecule has 1 saturated carbocycles. The van der Waals surface area contributed by atoms with Crippen molar-refractivity contribution >= 4 is 0 Å². The molecule has 4 heteroatoms. The molecule has 2 aromatic rings. The molecule has 1 aromatic heterocycles. The van der Waals surface area contributed by atoms with Gasteiger partial charge in [0.15, 0.2) is 5.76 Å². The van der Waals surface area contributed by atoms with Gasteiger partial charge in [-0.3, -0.25) is 4.90 Å². The SMILES string of the molecule is CCN(Cc1ccccc1)Cc1cc(CNC2CC2)no1. The van der Waals surface area contributed by atoms with Crippen LogP contribution in [0.5, 0.6) is 0 Å². The van der Waals surface area contributed by atoms with Crippen molar-refractivity contribution in [1.29, 1.82) is 0 Å². The van der Waals surface area contributed by atoms with Crippen LogP contribution in [-0.4, -0.2) is 22.6 Å². The molecule has 1 aliphatic carbocycles. The zero-order valence-corrected chi connectivity index (χ0v) is 12.6. The van der Waals surface area contributed by atoms with Crippen molar-refractivity contribution in [2.24, 2.45) is 0 Å². The van der Waals surface area contributed by atoms with Crippen LogP contribution in [0.15, 0.2) is 40.9 Å². The molecule has 0 unspecified atom stereocenters. The molecule has 21 heavy (non-hydrogen) atoms. The first kappa shape index (κ1) is 14.3. The van der Waals surface area contributed by atoms with Crippen LogP contribution in [0, 0.1) is 0 Å². The number of nitrogens with one attached hydrogen (secondary N) is 1. The molecule has 4 nitrogen and oxygen atoms in total. The van der Waals surface area contributed by atoms with Crippen molar-refractivity contribution in [3.8, 4) is 0 Å². The van der Waals surface area contributed by atoms with Gasteiger partial charge < -0.3 is 9.84 Å². The number of rotatable bonds is 8. The second kappa shape index (κ2) is 6.87. The van der Waals surface area contributed by atoms with E-state index < -0.39 is 0 Å². The topological polar surface area (TPSA) is 41.3 Å². The highest BCUT2D eigenvalue weighted by atomic mass is 16.5.